The minimum atomic E-state index is -0.496. The van der Waals surface area contributed by atoms with Gasteiger partial charge in [-0.05, 0) is 63.0 Å². The Hall–Kier alpha value is -2.30. The number of allylic oxidation sites excluding steroid dienone is 2. The van der Waals surface area contributed by atoms with E-state index in [0.29, 0.717) is 28.7 Å². The Labute approximate surface area is 174 Å². The molecule has 0 bridgehead atoms. The van der Waals surface area contributed by atoms with Crippen LogP contribution in [0.4, 0.5) is 0 Å². The molecule has 1 aromatic carbocycles. The van der Waals surface area contributed by atoms with Crippen molar-refractivity contribution in [2.75, 3.05) is 21.3 Å². The Morgan fingerprint density at radius 1 is 1.07 bits per heavy atom. The maximum Gasteiger partial charge on any atom is 0.211 e. The van der Waals surface area contributed by atoms with Crippen molar-refractivity contribution >= 4 is 6.08 Å². The summed E-state index contributed by atoms with van der Waals surface area (Å²) in [6, 6.07) is 0. The monoisotopic (exact) mass is 402 g/mol. The van der Waals surface area contributed by atoms with Gasteiger partial charge in [-0.15, -0.1) is 0 Å². The predicted molar refractivity (Wildman–Crippen MR) is 115 cm³/mol. The second-order valence-corrected chi connectivity index (χ2v) is 8.80. The lowest BCUT2D eigenvalue weighted by Crippen LogP contribution is -2.36. The van der Waals surface area contributed by atoms with Crippen LogP contribution in [0.1, 0.15) is 58.9 Å². The third-order valence-electron chi connectivity index (χ3n) is 6.99. The Bertz CT molecular complexity index is 840. The third-order valence-corrected chi connectivity index (χ3v) is 6.99. The summed E-state index contributed by atoms with van der Waals surface area (Å²) in [5, 5.41) is 10.7. The van der Waals surface area contributed by atoms with E-state index in [2.05, 4.69) is 33.8 Å². The van der Waals surface area contributed by atoms with Gasteiger partial charge < -0.3 is 24.1 Å². The third kappa shape index (κ3) is 3.67. The van der Waals surface area contributed by atoms with Gasteiger partial charge in [0.15, 0.2) is 11.5 Å². The topological polar surface area (TPSA) is 57.2 Å². The zero-order valence-corrected chi connectivity index (χ0v) is 18.7. The van der Waals surface area contributed by atoms with E-state index in [1.165, 1.54) is 26.2 Å². The van der Waals surface area contributed by atoms with Crippen molar-refractivity contribution in [2.24, 2.45) is 11.3 Å². The summed E-state index contributed by atoms with van der Waals surface area (Å²) in [6.07, 6.45) is 10.6. The second-order valence-electron chi connectivity index (χ2n) is 8.80. The Balaban J connectivity index is 1.91. The number of hydrogen-bond donors (Lipinski definition) is 1. The van der Waals surface area contributed by atoms with Gasteiger partial charge >= 0.3 is 0 Å². The van der Waals surface area contributed by atoms with E-state index in [9.17, 15) is 5.11 Å². The van der Waals surface area contributed by atoms with Gasteiger partial charge in [-0.1, -0.05) is 25.5 Å². The summed E-state index contributed by atoms with van der Waals surface area (Å²) in [7, 11) is 4.57. The summed E-state index contributed by atoms with van der Waals surface area (Å²) in [4.78, 5) is 0. The van der Waals surface area contributed by atoms with Gasteiger partial charge in [0.1, 0.15) is 5.60 Å². The van der Waals surface area contributed by atoms with Crippen LogP contribution in [0.5, 0.6) is 28.7 Å². The number of rotatable bonds is 6. The van der Waals surface area contributed by atoms with Gasteiger partial charge in [-0.3, -0.25) is 0 Å². The van der Waals surface area contributed by atoms with Gasteiger partial charge in [-0.25, -0.2) is 0 Å². The average Bonchev–Trinajstić information content (AvgIpc) is 2.70. The fourth-order valence-electron chi connectivity index (χ4n) is 4.59. The number of phenolic OH excluding ortho intramolecular Hbond substituents is 1. The van der Waals surface area contributed by atoms with Crippen LogP contribution in [-0.2, 0) is 0 Å². The van der Waals surface area contributed by atoms with E-state index in [-0.39, 0.29) is 16.9 Å². The smallest absolute Gasteiger partial charge is 0.211 e. The molecule has 0 unspecified atom stereocenters. The van der Waals surface area contributed by atoms with Crippen molar-refractivity contribution in [3.8, 4) is 28.7 Å². The lowest BCUT2D eigenvalue weighted by Gasteiger charge is -2.42. The minimum Gasteiger partial charge on any atom is -0.504 e. The largest absolute Gasteiger partial charge is 0.504 e. The van der Waals surface area contributed by atoms with Crippen molar-refractivity contribution in [1.29, 1.82) is 0 Å². The minimum absolute atomic E-state index is 0.00734. The number of phenols is 1. The lowest BCUT2D eigenvalue weighted by atomic mass is 9.65. The molecule has 1 aliphatic heterocycles. The van der Waals surface area contributed by atoms with E-state index in [1.54, 1.807) is 7.11 Å². The van der Waals surface area contributed by atoms with Crippen molar-refractivity contribution < 1.29 is 24.1 Å². The molecule has 0 aromatic heterocycles. The van der Waals surface area contributed by atoms with Gasteiger partial charge in [0.2, 0.25) is 17.2 Å². The van der Waals surface area contributed by atoms with E-state index in [0.717, 1.165) is 19.3 Å². The number of fused-ring (bicyclic) bond motifs is 1. The summed E-state index contributed by atoms with van der Waals surface area (Å²) in [5.74, 6) is 2.05. The number of ether oxygens (including phenoxy) is 4. The first-order valence-electron chi connectivity index (χ1n) is 10.3. The zero-order valence-electron chi connectivity index (χ0n) is 18.7. The molecule has 3 atom stereocenters. The predicted octanol–water partition coefficient (Wildman–Crippen LogP) is 5.75. The molecule has 2 aliphatic rings. The van der Waals surface area contributed by atoms with Crippen LogP contribution in [0.2, 0.25) is 0 Å². The van der Waals surface area contributed by atoms with E-state index < -0.39 is 5.60 Å². The van der Waals surface area contributed by atoms with E-state index in [1.807, 2.05) is 12.2 Å². The van der Waals surface area contributed by atoms with Crippen molar-refractivity contribution in [3.05, 3.63) is 23.3 Å². The molecule has 5 nitrogen and oxygen atoms in total. The van der Waals surface area contributed by atoms with Gasteiger partial charge in [0.05, 0.1) is 26.9 Å². The van der Waals surface area contributed by atoms with E-state index in [4.69, 9.17) is 18.9 Å². The standard InChI is InChI=1S/C24H34O5/c1-15-9-8-11-23(3,16(15)2)13-14-24(4)12-10-17-18(25)20(26-5)22(28-7)21(27-6)19(17)29-24/h9-10,12,16,25H,8,11,13-14H2,1-7H3/t16-,23+,24+/m1/s1. The van der Waals surface area contributed by atoms with Crippen LogP contribution < -0.4 is 18.9 Å². The van der Waals surface area contributed by atoms with Crippen LogP contribution in [0.25, 0.3) is 6.08 Å². The van der Waals surface area contributed by atoms with Crippen molar-refractivity contribution in [1.82, 2.24) is 0 Å². The fourth-order valence-corrected chi connectivity index (χ4v) is 4.59. The van der Waals surface area contributed by atoms with Crippen LogP contribution in [0, 0.1) is 11.3 Å². The zero-order chi connectivity index (χ0) is 21.4. The first-order chi connectivity index (χ1) is 13.7. The normalized spacial score (nSPS) is 28.2. The highest BCUT2D eigenvalue weighted by Gasteiger charge is 2.39. The van der Waals surface area contributed by atoms with E-state index >= 15 is 0 Å². The number of aromatic hydroxyl groups is 1. The molecule has 1 aliphatic carbocycles. The first-order valence-corrected chi connectivity index (χ1v) is 10.3. The molecule has 0 fully saturated rings. The van der Waals surface area contributed by atoms with Crippen LogP contribution in [-0.4, -0.2) is 32.0 Å². The second kappa shape index (κ2) is 7.85. The molecule has 1 aromatic rings. The maximum atomic E-state index is 10.7. The molecule has 29 heavy (non-hydrogen) atoms. The first kappa shape index (κ1) is 21.4. The summed E-state index contributed by atoms with van der Waals surface area (Å²) < 4.78 is 22.8. The Morgan fingerprint density at radius 2 is 1.72 bits per heavy atom. The Morgan fingerprint density at radius 3 is 2.34 bits per heavy atom. The molecular formula is C24H34O5. The highest BCUT2D eigenvalue weighted by atomic mass is 16.6. The Kier molecular flexibility index (Phi) is 5.79. The lowest BCUT2D eigenvalue weighted by molar-refractivity contribution is 0.0833. The van der Waals surface area contributed by atoms with Crippen LogP contribution in [0.15, 0.2) is 17.7 Å². The van der Waals surface area contributed by atoms with Crippen LogP contribution >= 0.6 is 0 Å². The van der Waals surface area contributed by atoms with Crippen molar-refractivity contribution in [2.45, 2.75) is 59.0 Å². The molecule has 5 heteroatoms. The maximum absolute atomic E-state index is 10.7. The van der Waals surface area contributed by atoms with Gasteiger partial charge in [-0.2, -0.15) is 0 Å². The molecule has 1 heterocycles. The molecule has 0 saturated carbocycles. The molecule has 0 saturated heterocycles. The molecular weight excluding hydrogens is 368 g/mol. The molecule has 160 valence electrons. The molecule has 1 N–H and O–H groups in total. The SMILES string of the molecule is COc1c(O)c2c(c(OC)c1OC)O[C@](C)(CC[C@]1(C)CCC=C(C)[C@H]1C)C=C2. The van der Waals surface area contributed by atoms with Crippen molar-refractivity contribution in [3.63, 3.8) is 0 Å². The summed E-state index contributed by atoms with van der Waals surface area (Å²) in [5.41, 5.74) is 1.79. The van der Waals surface area contributed by atoms with Crippen LogP contribution in [0.3, 0.4) is 0 Å². The number of hydrogen-bond acceptors (Lipinski definition) is 5. The molecule has 3 rings (SSSR count). The molecule has 0 radical (unpaired) electrons. The van der Waals surface area contributed by atoms with Gasteiger partial charge in [0, 0.05) is 0 Å². The highest BCUT2D eigenvalue weighted by Crippen LogP contribution is 2.56. The highest BCUT2D eigenvalue weighted by molar-refractivity contribution is 5.79. The summed E-state index contributed by atoms with van der Waals surface area (Å²) >= 11 is 0. The number of benzene rings is 1. The number of methoxy groups -OCH3 is 3. The summed E-state index contributed by atoms with van der Waals surface area (Å²) in [6.45, 7) is 9.04. The fraction of sp³-hybridized carbons (Fsp3) is 0.583. The van der Waals surface area contributed by atoms with Gasteiger partial charge in [0.25, 0.3) is 0 Å². The average molecular weight is 403 g/mol. The molecule has 0 amide bonds. The molecule has 0 spiro atoms. The quantitative estimate of drug-likeness (QED) is 0.615.